The lowest BCUT2D eigenvalue weighted by molar-refractivity contribution is -0.132. The van der Waals surface area contributed by atoms with Crippen molar-refractivity contribution >= 4 is 5.78 Å². The van der Waals surface area contributed by atoms with Crippen LogP contribution in [0.5, 0.6) is 0 Å². The van der Waals surface area contributed by atoms with Crippen molar-refractivity contribution in [3.8, 4) is 0 Å². The highest BCUT2D eigenvalue weighted by molar-refractivity contribution is 5.85. The molecule has 0 bridgehead atoms. The van der Waals surface area contributed by atoms with Gasteiger partial charge in [-0.3, -0.25) is 4.79 Å². The fourth-order valence-corrected chi connectivity index (χ4v) is 2.13. The van der Waals surface area contributed by atoms with Crippen LogP contribution in [0.4, 0.5) is 0 Å². The predicted molar refractivity (Wildman–Crippen MR) is 46.4 cm³/mol. The van der Waals surface area contributed by atoms with E-state index in [0.717, 1.165) is 19.3 Å². The van der Waals surface area contributed by atoms with E-state index in [1.807, 2.05) is 0 Å². The van der Waals surface area contributed by atoms with Crippen molar-refractivity contribution in [2.45, 2.75) is 46.5 Å². The number of carbonyl (C=O) groups excluding carboxylic acids is 1. The maximum atomic E-state index is 11.5. The van der Waals surface area contributed by atoms with Crippen LogP contribution in [0.3, 0.4) is 0 Å². The van der Waals surface area contributed by atoms with Gasteiger partial charge in [0.15, 0.2) is 0 Å². The zero-order chi connectivity index (χ0) is 8.48. The molecule has 0 aromatic rings. The Labute approximate surface area is 69.2 Å². The average Bonchev–Trinajstić information content (AvgIpc) is 1.95. The fraction of sp³-hybridized carbons (Fsp3) is 0.900. The molecule has 0 radical (unpaired) electrons. The lowest BCUT2D eigenvalue weighted by atomic mass is 9.67. The SMILES string of the molecule is CCC1CCCC(=O)C1(C)C. The largest absolute Gasteiger partial charge is 0.299 e. The first kappa shape index (κ1) is 8.76. The molecule has 1 saturated carbocycles. The minimum absolute atomic E-state index is 0.0347. The molecule has 1 unspecified atom stereocenters. The summed E-state index contributed by atoms with van der Waals surface area (Å²) >= 11 is 0. The molecule has 1 atom stereocenters. The second-order valence-corrected chi connectivity index (χ2v) is 4.14. The monoisotopic (exact) mass is 154 g/mol. The molecule has 0 saturated heterocycles. The molecule has 1 fully saturated rings. The summed E-state index contributed by atoms with van der Waals surface area (Å²) in [5, 5.41) is 0. The van der Waals surface area contributed by atoms with Gasteiger partial charge in [0.05, 0.1) is 0 Å². The number of ketones is 1. The van der Waals surface area contributed by atoms with Gasteiger partial charge < -0.3 is 0 Å². The van der Waals surface area contributed by atoms with Crippen molar-refractivity contribution in [3.63, 3.8) is 0 Å². The molecule has 0 amide bonds. The van der Waals surface area contributed by atoms with Gasteiger partial charge in [-0.05, 0) is 18.8 Å². The summed E-state index contributed by atoms with van der Waals surface area (Å²) in [4.78, 5) is 11.5. The molecule has 1 rings (SSSR count). The summed E-state index contributed by atoms with van der Waals surface area (Å²) in [6.07, 6.45) is 4.32. The third-order valence-corrected chi connectivity index (χ3v) is 3.19. The topological polar surface area (TPSA) is 17.1 Å². The minimum Gasteiger partial charge on any atom is -0.299 e. The predicted octanol–water partition coefficient (Wildman–Crippen LogP) is 2.79. The van der Waals surface area contributed by atoms with E-state index in [2.05, 4.69) is 20.8 Å². The van der Waals surface area contributed by atoms with E-state index in [1.54, 1.807) is 0 Å². The van der Waals surface area contributed by atoms with Gasteiger partial charge in [-0.15, -0.1) is 0 Å². The molecule has 64 valence electrons. The number of Topliss-reactive ketones (excluding diaryl/α,β-unsaturated/α-hetero) is 1. The summed E-state index contributed by atoms with van der Waals surface area (Å²) in [6, 6.07) is 0. The van der Waals surface area contributed by atoms with E-state index < -0.39 is 0 Å². The number of hydrogen-bond acceptors (Lipinski definition) is 1. The Morgan fingerprint density at radius 2 is 2.18 bits per heavy atom. The Morgan fingerprint density at radius 1 is 1.55 bits per heavy atom. The van der Waals surface area contributed by atoms with Crippen LogP contribution < -0.4 is 0 Å². The average molecular weight is 154 g/mol. The van der Waals surface area contributed by atoms with Gasteiger partial charge in [-0.2, -0.15) is 0 Å². The maximum Gasteiger partial charge on any atom is 0.138 e. The molecular formula is C10H18O. The first-order chi connectivity index (χ1) is 5.09. The summed E-state index contributed by atoms with van der Waals surface area (Å²) in [5.74, 6) is 1.10. The van der Waals surface area contributed by atoms with Gasteiger partial charge >= 0.3 is 0 Å². The molecule has 0 aromatic carbocycles. The first-order valence-corrected chi connectivity index (χ1v) is 4.62. The van der Waals surface area contributed by atoms with Crippen molar-refractivity contribution in [2.75, 3.05) is 0 Å². The molecule has 1 aliphatic carbocycles. The number of carbonyl (C=O) groups is 1. The molecule has 0 aromatic heterocycles. The summed E-state index contributed by atoms with van der Waals surface area (Å²) < 4.78 is 0. The zero-order valence-electron chi connectivity index (χ0n) is 7.81. The lowest BCUT2D eigenvalue weighted by Gasteiger charge is -2.36. The molecular weight excluding hydrogens is 136 g/mol. The number of hydrogen-bond donors (Lipinski definition) is 0. The molecule has 1 aliphatic rings. The molecule has 0 N–H and O–H groups in total. The van der Waals surface area contributed by atoms with Gasteiger partial charge in [-0.1, -0.05) is 27.2 Å². The van der Waals surface area contributed by atoms with E-state index in [1.165, 1.54) is 6.42 Å². The highest BCUT2D eigenvalue weighted by atomic mass is 16.1. The van der Waals surface area contributed by atoms with Crippen LogP contribution in [0.15, 0.2) is 0 Å². The standard InChI is InChI=1S/C10H18O/c1-4-8-6-5-7-9(11)10(8,2)3/h8H,4-7H2,1-3H3. The molecule has 0 aliphatic heterocycles. The third kappa shape index (κ3) is 1.47. The van der Waals surface area contributed by atoms with Crippen molar-refractivity contribution in [3.05, 3.63) is 0 Å². The maximum absolute atomic E-state index is 11.5. The molecule has 0 heterocycles. The van der Waals surface area contributed by atoms with Gasteiger partial charge in [0.25, 0.3) is 0 Å². The molecule has 1 nitrogen and oxygen atoms in total. The molecule has 0 spiro atoms. The molecule has 11 heavy (non-hydrogen) atoms. The van der Waals surface area contributed by atoms with E-state index in [9.17, 15) is 4.79 Å². The number of rotatable bonds is 1. The normalized spacial score (nSPS) is 30.5. The highest BCUT2D eigenvalue weighted by Gasteiger charge is 2.37. The van der Waals surface area contributed by atoms with E-state index in [4.69, 9.17) is 0 Å². The van der Waals surface area contributed by atoms with Gasteiger partial charge in [-0.25, -0.2) is 0 Å². The fourth-order valence-electron chi connectivity index (χ4n) is 2.13. The minimum atomic E-state index is -0.0347. The lowest BCUT2D eigenvalue weighted by Crippen LogP contribution is -2.36. The van der Waals surface area contributed by atoms with Crippen molar-refractivity contribution in [1.29, 1.82) is 0 Å². The van der Waals surface area contributed by atoms with Crippen molar-refractivity contribution < 1.29 is 4.79 Å². The van der Waals surface area contributed by atoms with Crippen molar-refractivity contribution in [1.82, 2.24) is 0 Å². The second-order valence-electron chi connectivity index (χ2n) is 4.14. The Kier molecular flexibility index (Phi) is 2.36. The van der Waals surface area contributed by atoms with E-state index in [-0.39, 0.29) is 5.41 Å². The van der Waals surface area contributed by atoms with E-state index in [0.29, 0.717) is 11.7 Å². The smallest absolute Gasteiger partial charge is 0.138 e. The van der Waals surface area contributed by atoms with Gasteiger partial charge in [0.2, 0.25) is 0 Å². The Bertz CT molecular complexity index is 158. The summed E-state index contributed by atoms with van der Waals surface area (Å²) in [7, 11) is 0. The van der Waals surface area contributed by atoms with Crippen molar-refractivity contribution in [2.24, 2.45) is 11.3 Å². The van der Waals surface area contributed by atoms with Crippen LogP contribution in [-0.2, 0) is 4.79 Å². The Hall–Kier alpha value is -0.330. The first-order valence-electron chi connectivity index (χ1n) is 4.62. The third-order valence-electron chi connectivity index (χ3n) is 3.19. The van der Waals surface area contributed by atoms with Crippen LogP contribution in [0.2, 0.25) is 0 Å². The van der Waals surface area contributed by atoms with Gasteiger partial charge in [0.1, 0.15) is 5.78 Å². The van der Waals surface area contributed by atoms with Gasteiger partial charge in [0, 0.05) is 11.8 Å². The van der Waals surface area contributed by atoms with Crippen LogP contribution in [0.1, 0.15) is 46.5 Å². The van der Waals surface area contributed by atoms with Crippen LogP contribution >= 0.6 is 0 Å². The molecule has 1 heteroatoms. The Balaban J connectivity index is 2.72. The van der Waals surface area contributed by atoms with Crippen LogP contribution in [0.25, 0.3) is 0 Å². The zero-order valence-corrected chi connectivity index (χ0v) is 7.81. The summed E-state index contributed by atoms with van der Waals surface area (Å²) in [6.45, 7) is 6.39. The second kappa shape index (κ2) is 2.96. The van der Waals surface area contributed by atoms with E-state index >= 15 is 0 Å². The quantitative estimate of drug-likeness (QED) is 0.567. The van der Waals surface area contributed by atoms with Crippen LogP contribution in [0, 0.1) is 11.3 Å². The summed E-state index contributed by atoms with van der Waals surface area (Å²) in [5.41, 5.74) is -0.0347. The highest BCUT2D eigenvalue weighted by Crippen LogP contribution is 2.39. The Morgan fingerprint density at radius 3 is 2.64 bits per heavy atom. The van der Waals surface area contributed by atoms with Crippen LogP contribution in [-0.4, -0.2) is 5.78 Å².